The average Bonchev–Trinajstić information content (AvgIpc) is 3.50. The van der Waals surface area contributed by atoms with Crippen molar-refractivity contribution in [2.75, 3.05) is 16.8 Å². The molecule has 0 bridgehead atoms. The molecule has 4 heterocycles. The number of rotatable bonds is 2. The van der Waals surface area contributed by atoms with Crippen LogP contribution < -0.4 is 10.2 Å². The Labute approximate surface area is 199 Å². The molecular weight excluding hydrogens is 460 g/mol. The van der Waals surface area contributed by atoms with E-state index in [0.29, 0.717) is 40.4 Å². The first-order valence-electron chi connectivity index (χ1n) is 11.2. The lowest BCUT2D eigenvalue weighted by molar-refractivity contribution is -0.384. The Morgan fingerprint density at radius 1 is 1.15 bits per heavy atom. The number of anilines is 2. The number of nitro benzene ring substituents is 1. The number of aryl methyl sites for hydroxylation is 1. The second kappa shape index (κ2) is 6.86. The van der Waals surface area contributed by atoms with E-state index in [4.69, 9.17) is 11.6 Å². The minimum absolute atomic E-state index is 0.198. The average molecular weight is 481 g/mol. The highest BCUT2D eigenvalue weighted by Crippen LogP contribution is 2.61. The number of imide groups is 1. The summed E-state index contributed by atoms with van der Waals surface area (Å²) in [6.45, 7) is 4.12. The van der Waals surface area contributed by atoms with Crippen molar-refractivity contribution in [1.29, 1.82) is 0 Å². The number of carbonyl (C=O) groups excluding carboxylic acids is 3. The Morgan fingerprint density at radius 2 is 1.91 bits per heavy atom. The monoisotopic (exact) mass is 480 g/mol. The smallest absolute Gasteiger partial charge is 0.271 e. The van der Waals surface area contributed by atoms with Gasteiger partial charge in [-0.25, -0.2) is 4.90 Å². The molecule has 9 nitrogen and oxygen atoms in total. The predicted molar refractivity (Wildman–Crippen MR) is 124 cm³/mol. The number of nitro groups is 1. The molecule has 0 aromatic heterocycles. The Morgan fingerprint density at radius 3 is 2.65 bits per heavy atom. The molecule has 2 aromatic rings. The van der Waals surface area contributed by atoms with Crippen LogP contribution in [0.25, 0.3) is 0 Å². The second-order valence-corrected chi connectivity index (χ2v) is 9.87. The molecule has 3 saturated heterocycles. The minimum Gasteiger partial charge on any atom is -0.324 e. The van der Waals surface area contributed by atoms with Gasteiger partial charge in [0, 0.05) is 28.8 Å². The zero-order chi connectivity index (χ0) is 24.1. The number of carbonyl (C=O) groups is 3. The summed E-state index contributed by atoms with van der Waals surface area (Å²) in [5.74, 6) is -2.86. The van der Waals surface area contributed by atoms with Crippen LogP contribution >= 0.6 is 11.6 Å². The maximum Gasteiger partial charge on any atom is 0.271 e. The predicted octanol–water partition coefficient (Wildman–Crippen LogP) is 3.30. The number of halogens is 1. The fourth-order valence-corrected chi connectivity index (χ4v) is 6.74. The van der Waals surface area contributed by atoms with Crippen molar-refractivity contribution in [3.8, 4) is 0 Å². The van der Waals surface area contributed by atoms with Gasteiger partial charge in [0.25, 0.3) is 5.69 Å². The van der Waals surface area contributed by atoms with E-state index in [1.54, 1.807) is 19.1 Å². The molecule has 3 amide bonds. The molecule has 1 spiro atoms. The van der Waals surface area contributed by atoms with Gasteiger partial charge in [-0.3, -0.25) is 29.4 Å². The fourth-order valence-electron chi connectivity index (χ4n) is 6.58. The fraction of sp³-hybridized carbons (Fsp3) is 0.375. The van der Waals surface area contributed by atoms with Crippen LogP contribution in [0.5, 0.6) is 0 Å². The van der Waals surface area contributed by atoms with Crippen LogP contribution in [0.4, 0.5) is 17.1 Å². The van der Waals surface area contributed by atoms with Crippen LogP contribution in [0.3, 0.4) is 0 Å². The lowest BCUT2D eigenvalue weighted by Gasteiger charge is -2.36. The number of amides is 3. The highest BCUT2D eigenvalue weighted by molar-refractivity contribution is 6.32. The van der Waals surface area contributed by atoms with Crippen LogP contribution in [0.1, 0.15) is 29.5 Å². The molecule has 0 radical (unpaired) electrons. The number of fused-ring (bicyclic) bond motifs is 7. The molecule has 0 aliphatic carbocycles. The molecule has 4 unspecified atom stereocenters. The van der Waals surface area contributed by atoms with Crippen LogP contribution in [-0.4, -0.2) is 40.1 Å². The van der Waals surface area contributed by atoms with Gasteiger partial charge in [-0.15, -0.1) is 0 Å². The van der Waals surface area contributed by atoms with Crippen LogP contribution in [0, 0.1) is 35.8 Å². The van der Waals surface area contributed by atoms with Gasteiger partial charge in [0.15, 0.2) is 0 Å². The van der Waals surface area contributed by atoms with Gasteiger partial charge < -0.3 is 5.32 Å². The molecule has 6 rings (SSSR count). The van der Waals surface area contributed by atoms with E-state index in [1.807, 2.05) is 11.8 Å². The van der Waals surface area contributed by atoms with Crippen molar-refractivity contribution in [2.45, 2.75) is 38.3 Å². The maximum absolute atomic E-state index is 14.0. The van der Waals surface area contributed by atoms with Crippen LogP contribution in [-0.2, 0) is 19.9 Å². The third-order valence-corrected chi connectivity index (χ3v) is 8.42. The van der Waals surface area contributed by atoms with Crippen molar-refractivity contribution in [2.24, 2.45) is 11.8 Å². The zero-order valence-corrected chi connectivity index (χ0v) is 19.3. The number of hydrogen-bond donors (Lipinski definition) is 1. The van der Waals surface area contributed by atoms with Crippen LogP contribution in [0.15, 0.2) is 30.3 Å². The van der Waals surface area contributed by atoms with Gasteiger partial charge in [-0.1, -0.05) is 23.7 Å². The van der Waals surface area contributed by atoms with E-state index in [-0.39, 0.29) is 23.3 Å². The number of non-ortho nitro benzene ring substituents is 1. The van der Waals surface area contributed by atoms with E-state index in [1.165, 1.54) is 18.2 Å². The summed E-state index contributed by atoms with van der Waals surface area (Å²) >= 11 is 6.32. The third kappa shape index (κ3) is 2.35. The number of nitrogens with zero attached hydrogens (tertiary/aromatic N) is 3. The summed E-state index contributed by atoms with van der Waals surface area (Å²) in [6, 6.07) is 7.37. The second-order valence-electron chi connectivity index (χ2n) is 9.46. The Kier molecular flexibility index (Phi) is 4.29. The molecule has 4 atom stereocenters. The number of benzene rings is 2. The van der Waals surface area contributed by atoms with Crippen molar-refractivity contribution in [1.82, 2.24) is 4.90 Å². The molecule has 4 aliphatic rings. The van der Waals surface area contributed by atoms with Crippen molar-refractivity contribution in [3.05, 3.63) is 62.2 Å². The third-order valence-electron chi connectivity index (χ3n) is 8.01. The summed E-state index contributed by atoms with van der Waals surface area (Å²) in [5.41, 5.74) is 1.22. The van der Waals surface area contributed by atoms with Gasteiger partial charge in [0.05, 0.1) is 28.1 Å². The molecule has 34 heavy (non-hydrogen) atoms. The Bertz CT molecular complexity index is 1340. The molecule has 174 valence electrons. The lowest BCUT2D eigenvalue weighted by atomic mass is 9.75. The van der Waals surface area contributed by atoms with E-state index in [9.17, 15) is 24.5 Å². The van der Waals surface area contributed by atoms with Gasteiger partial charge >= 0.3 is 0 Å². The largest absolute Gasteiger partial charge is 0.324 e. The highest BCUT2D eigenvalue weighted by Gasteiger charge is 2.74. The van der Waals surface area contributed by atoms with Gasteiger partial charge in [0.1, 0.15) is 5.54 Å². The SMILES string of the molecule is Cc1ccc([N+](=O)[O-])cc1N1C(=O)C2C3CCCN3C3(C(=O)Nc4c3ccc(Cl)c4C)C2C1=O. The molecule has 10 heteroatoms. The quantitative estimate of drug-likeness (QED) is 0.401. The van der Waals surface area contributed by atoms with E-state index in [2.05, 4.69) is 5.32 Å². The van der Waals surface area contributed by atoms with E-state index < -0.39 is 34.1 Å². The zero-order valence-electron chi connectivity index (χ0n) is 18.5. The number of nitrogens with one attached hydrogen (secondary N) is 1. The van der Waals surface area contributed by atoms with Crippen LogP contribution in [0.2, 0.25) is 5.02 Å². The first-order valence-corrected chi connectivity index (χ1v) is 11.6. The van der Waals surface area contributed by atoms with Gasteiger partial charge in [-0.2, -0.15) is 0 Å². The Hall–Kier alpha value is -3.30. The van der Waals surface area contributed by atoms with Crippen molar-refractivity contribution in [3.63, 3.8) is 0 Å². The topological polar surface area (TPSA) is 113 Å². The van der Waals surface area contributed by atoms with Gasteiger partial charge in [0.2, 0.25) is 17.7 Å². The van der Waals surface area contributed by atoms with Crippen molar-refractivity contribution < 1.29 is 19.3 Å². The molecule has 1 N–H and O–H groups in total. The number of hydrogen-bond acceptors (Lipinski definition) is 6. The summed E-state index contributed by atoms with van der Waals surface area (Å²) in [4.78, 5) is 55.5. The summed E-state index contributed by atoms with van der Waals surface area (Å²) in [5, 5.41) is 14.8. The summed E-state index contributed by atoms with van der Waals surface area (Å²) in [6.07, 6.45) is 1.50. The van der Waals surface area contributed by atoms with E-state index in [0.717, 1.165) is 11.3 Å². The lowest BCUT2D eigenvalue weighted by Crippen LogP contribution is -2.54. The molecule has 3 fully saturated rings. The Balaban J connectivity index is 1.56. The summed E-state index contributed by atoms with van der Waals surface area (Å²) < 4.78 is 0. The van der Waals surface area contributed by atoms with Crippen molar-refractivity contribution >= 4 is 46.4 Å². The normalized spacial score (nSPS) is 29.6. The minimum atomic E-state index is -1.31. The summed E-state index contributed by atoms with van der Waals surface area (Å²) in [7, 11) is 0. The van der Waals surface area contributed by atoms with Gasteiger partial charge in [-0.05, 0) is 50.4 Å². The molecule has 0 saturated carbocycles. The highest BCUT2D eigenvalue weighted by atomic mass is 35.5. The first kappa shape index (κ1) is 21.2. The molecule has 4 aliphatic heterocycles. The first-order chi connectivity index (χ1) is 16.2. The maximum atomic E-state index is 14.0. The molecule has 2 aromatic carbocycles. The standard InChI is InChI=1S/C24H21ClN4O5/c1-11-5-6-13(29(33)34)10-17(11)28-21(30)18-16-4-3-9-27(16)24(19(18)22(28)31)14-7-8-15(25)12(2)20(14)26-23(24)32/h5-8,10,16,18-19H,3-4,9H2,1-2H3,(H,26,32). The van der Waals surface area contributed by atoms with E-state index >= 15 is 0 Å². The molecular formula is C24H21ClN4O5.